The van der Waals surface area contributed by atoms with Gasteiger partial charge in [0.15, 0.2) is 0 Å². The Bertz CT molecular complexity index is 562. The van der Waals surface area contributed by atoms with Gasteiger partial charge in [-0.2, -0.15) is 5.10 Å². The Morgan fingerprint density at radius 1 is 1.00 bits per heavy atom. The summed E-state index contributed by atoms with van der Waals surface area (Å²) >= 11 is 0. The molecule has 0 aliphatic heterocycles. The third kappa shape index (κ3) is 3.14. The number of rotatable bonds is 1. The average molecular weight is 222 g/mol. The third-order valence-electron chi connectivity index (χ3n) is 2.05. The monoisotopic (exact) mass is 222 g/mol. The van der Waals surface area contributed by atoms with Crippen LogP contribution >= 0.6 is 0 Å². The lowest BCUT2D eigenvalue weighted by Crippen LogP contribution is -1.86. The Balaban J connectivity index is 2.17. The number of nitrogens with zero attached hydrogens (tertiary/aromatic N) is 3. The van der Waals surface area contributed by atoms with E-state index in [1.165, 1.54) is 6.33 Å². The summed E-state index contributed by atoms with van der Waals surface area (Å²) in [6, 6.07) is 7.63. The minimum absolute atomic E-state index is 0.792. The zero-order chi connectivity index (χ0) is 11.9. The molecule has 2 N–H and O–H groups in total. The Labute approximate surface area is 99.2 Å². The van der Waals surface area contributed by atoms with Gasteiger partial charge in [-0.15, -0.1) is 0 Å². The van der Waals surface area contributed by atoms with Gasteiger partial charge in [0, 0.05) is 18.0 Å². The summed E-state index contributed by atoms with van der Waals surface area (Å²) in [5, 5.41) is 3.45. The van der Waals surface area contributed by atoms with Crippen LogP contribution in [0, 0.1) is 11.8 Å². The van der Waals surface area contributed by atoms with Crippen LogP contribution in [0.15, 0.2) is 48.1 Å². The van der Waals surface area contributed by atoms with Crippen molar-refractivity contribution in [1.29, 1.82) is 0 Å². The molecular weight excluding hydrogens is 212 g/mol. The molecule has 0 saturated heterocycles. The summed E-state index contributed by atoms with van der Waals surface area (Å²) in [6.07, 6.45) is 6.42. The van der Waals surface area contributed by atoms with E-state index >= 15 is 0 Å². The molecule has 0 bridgehead atoms. The molecule has 0 spiro atoms. The lowest BCUT2D eigenvalue weighted by atomic mass is 10.1. The molecule has 0 amide bonds. The van der Waals surface area contributed by atoms with Crippen molar-refractivity contribution in [2.24, 2.45) is 10.9 Å². The molecule has 82 valence electrons. The van der Waals surface area contributed by atoms with E-state index in [-0.39, 0.29) is 0 Å². The van der Waals surface area contributed by atoms with Crippen LogP contribution in [0.5, 0.6) is 0 Å². The molecule has 2 rings (SSSR count). The van der Waals surface area contributed by atoms with Crippen LogP contribution in [0.4, 0.5) is 0 Å². The highest BCUT2D eigenvalue weighted by molar-refractivity contribution is 5.79. The van der Waals surface area contributed by atoms with E-state index < -0.39 is 0 Å². The molecular formula is C13H10N4. The van der Waals surface area contributed by atoms with Gasteiger partial charge in [0.2, 0.25) is 0 Å². The highest BCUT2D eigenvalue weighted by Gasteiger charge is 1.89. The maximum Gasteiger partial charge on any atom is 0.115 e. The van der Waals surface area contributed by atoms with Gasteiger partial charge in [-0.3, -0.25) is 0 Å². The summed E-state index contributed by atoms with van der Waals surface area (Å²) in [7, 11) is 0. The number of hydrazone groups is 1. The molecule has 0 unspecified atom stereocenters. The number of hydrogen-bond acceptors (Lipinski definition) is 4. The summed E-state index contributed by atoms with van der Waals surface area (Å²) in [4.78, 5) is 7.78. The van der Waals surface area contributed by atoms with Crippen LogP contribution in [-0.2, 0) is 0 Å². The van der Waals surface area contributed by atoms with Crippen LogP contribution < -0.4 is 5.84 Å². The van der Waals surface area contributed by atoms with Gasteiger partial charge in [-0.25, -0.2) is 9.97 Å². The summed E-state index contributed by atoms with van der Waals surface area (Å²) in [5.41, 5.74) is 2.66. The molecule has 17 heavy (non-hydrogen) atoms. The topological polar surface area (TPSA) is 64.2 Å². The second-order valence-corrected chi connectivity index (χ2v) is 3.28. The van der Waals surface area contributed by atoms with E-state index in [0.717, 1.165) is 16.7 Å². The Morgan fingerprint density at radius 3 is 2.29 bits per heavy atom. The van der Waals surface area contributed by atoms with E-state index in [0.29, 0.717) is 0 Å². The zero-order valence-electron chi connectivity index (χ0n) is 9.04. The maximum atomic E-state index is 5.06. The largest absolute Gasteiger partial charge is 0.323 e. The first-order valence-electron chi connectivity index (χ1n) is 4.99. The first-order valence-corrected chi connectivity index (χ1v) is 4.99. The smallest absolute Gasteiger partial charge is 0.115 e. The minimum atomic E-state index is 0.792. The van der Waals surface area contributed by atoms with E-state index in [9.17, 15) is 0 Å². The predicted octanol–water partition coefficient (Wildman–Crippen LogP) is 1.17. The van der Waals surface area contributed by atoms with Crippen molar-refractivity contribution in [2.45, 2.75) is 0 Å². The molecule has 1 heterocycles. The molecule has 1 aromatic heterocycles. The molecule has 4 nitrogen and oxygen atoms in total. The minimum Gasteiger partial charge on any atom is -0.323 e. The van der Waals surface area contributed by atoms with Gasteiger partial charge in [0.1, 0.15) is 6.33 Å². The molecule has 0 saturated carbocycles. The molecule has 0 aliphatic rings. The van der Waals surface area contributed by atoms with Crippen molar-refractivity contribution in [3.63, 3.8) is 0 Å². The molecule has 2 aromatic rings. The van der Waals surface area contributed by atoms with Crippen molar-refractivity contribution in [3.8, 4) is 11.8 Å². The molecule has 1 aromatic carbocycles. The van der Waals surface area contributed by atoms with Crippen molar-refractivity contribution < 1.29 is 0 Å². The normalized spacial score (nSPS) is 9.88. The van der Waals surface area contributed by atoms with Gasteiger partial charge in [0.25, 0.3) is 0 Å². The summed E-state index contributed by atoms with van der Waals surface area (Å²) < 4.78 is 0. The predicted molar refractivity (Wildman–Crippen MR) is 66.2 cm³/mol. The van der Waals surface area contributed by atoms with Crippen LogP contribution in [0.25, 0.3) is 0 Å². The molecule has 4 heteroatoms. The summed E-state index contributed by atoms with van der Waals surface area (Å²) in [5.74, 6) is 11.1. The molecule has 0 aliphatic carbocycles. The van der Waals surface area contributed by atoms with Crippen molar-refractivity contribution in [1.82, 2.24) is 9.97 Å². The standard InChI is InChI=1S/C13H10N4/c14-17-9-12-4-1-11(2-5-12)3-6-13-7-15-10-16-8-13/h1-2,4-5,7-10H,14H2. The number of nitrogens with two attached hydrogens (primary N) is 1. The summed E-state index contributed by atoms with van der Waals surface area (Å²) in [6.45, 7) is 0. The fourth-order valence-corrected chi connectivity index (χ4v) is 1.25. The SMILES string of the molecule is NN=Cc1ccc(C#Cc2cncnc2)cc1. The Hall–Kier alpha value is -2.67. The number of hydrogen-bond donors (Lipinski definition) is 1. The van der Waals surface area contributed by atoms with Crippen LogP contribution in [0.1, 0.15) is 16.7 Å². The highest BCUT2D eigenvalue weighted by Crippen LogP contribution is 2.01. The highest BCUT2D eigenvalue weighted by atomic mass is 15.1. The van der Waals surface area contributed by atoms with Crippen LogP contribution in [-0.4, -0.2) is 16.2 Å². The van der Waals surface area contributed by atoms with E-state index in [2.05, 4.69) is 26.9 Å². The Morgan fingerprint density at radius 2 is 1.65 bits per heavy atom. The lowest BCUT2D eigenvalue weighted by Gasteiger charge is -1.92. The fourth-order valence-electron chi connectivity index (χ4n) is 1.25. The van der Waals surface area contributed by atoms with Gasteiger partial charge in [0.05, 0.1) is 11.8 Å². The number of benzene rings is 1. The molecule has 0 atom stereocenters. The second-order valence-electron chi connectivity index (χ2n) is 3.28. The van der Waals surface area contributed by atoms with Gasteiger partial charge in [-0.05, 0) is 17.7 Å². The van der Waals surface area contributed by atoms with E-state index in [4.69, 9.17) is 5.84 Å². The van der Waals surface area contributed by atoms with Gasteiger partial charge >= 0.3 is 0 Å². The first kappa shape index (κ1) is 10.8. The van der Waals surface area contributed by atoms with Crippen LogP contribution in [0.2, 0.25) is 0 Å². The third-order valence-corrected chi connectivity index (χ3v) is 2.05. The van der Waals surface area contributed by atoms with E-state index in [1.54, 1.807) is 18.6 Å². The Kier molecular flexibility index (Phi) is 3.46. The van der Waals surface area contributed by atoms with Crippen molar-refractivity contribution >= 4 is 6.21 Å². The van der Waals surface area contributed by atoms with Gasteiger partial charge in [-0.1, -0.05) is 24.0 Å². The maximum absolute atomic E-state index is 5.06. The molecule has 0 fully saturated rings. The number of aromatic nitrogens is 2. The first-order chi connectivity index (χ1) is 8.38. The lowest BCUT2D eigenvalue weighted by molar-refractivity contribution is 1.16. The average Bonchev–Trinajstić information content (AvgIpc) is 2.40. The second kappa shape index (κ2) is 5.42. The van der Waals surface area contributed by atoms with Crippen LogP contribution in [0.3, 0.4) is 0 Å². The fraction of sp³-hybridized carbons (Fsp3) is 0. The van der Waals surface area contributed by atoms with Gasteiger partial charge < -0.3 is 5.84 Å². The van der Waals surface area contributed by atoms with Crippen molar-refractivity contribution in [3.05, 3.63) is 59.7 Å². The quantitative estimate of drug-likeness (QED) is 0.341. The van der Waals surface area contributed by atoms with Crippen molar-refractivity contribution in [2.75, 3.05) is 0 Å². The zero-order valence-corrected chi connectivity index (χ0v) is 9.04. The van der Waals surface area contributed by atoms with E-state index in [1.807, 2.05) is 24.3 Å². The molecule has 0 radical (unpaired) electrons.